The van der Waals surface area contributed by atoms with Crippen molar-refractivity contribution in [3.8, 4) is 0 Å². The van der Waals surface area contributed by atoms with Crippen LogP contribution in [0.5, 0.6) is 0 Å². The number of hydrogen-bond acceptors (Lipinski definition) is 1. The van der Waals surface area contributed by atoms with Gasteiger partial charge in [0.1, 0.15) is 0 Å². The summed E-state index contributed by atoms with van der Waals surface area (Å²) in [7, 11) is 0. The molecule has 0 saturated carbocycles. The van der Waals surface area contributed by atoms with E-state index in [1.165, 1.54) is 12.1 Å². The lowest BCUT2D eigenvalue weighted by molar-refractivity contribution is 0.499. The molecule has 0 spiro atoms. The van der Waals surface area contributed by atoms with E-state index in [4.69, 9.17) is 0 Å². The smallest absolute Gasteiger partial charge is 0.159 e. The number of benzene rings is 2. The number of rotatable bonds is 6. The summed E-state index contributed by atoms with van der Waals surface area (Å²) < 4.78 is 27.4. The van der Waals surface area contributed by atoms with Crippen molar-refractivity contribution < 1.29 is 8.78 Å². The van der Waals surface area contributed by atoms with Gasteiger partial charge in [0, 0.05) is 10.5 Å². The van der Waals surface area contributed by atoms with Crippen molar-refractivity contribution in [1.29, 1.82) is 0 Å². The van der Waals surface area contributed by atoms with Gasteiger partial charge < -0.3 is 5.32 Å². The average Bonchev–Trinajstić information content (AvgIpc) is 2.48. The maximum absolute atomic E-state index is 13.4. The molecule has 0 saturated heterocycles. The van der Waals surface area contributed by atoms with Crippen molar-refractivity contribution >= 4 is 15.9 Å². The summed E-state index contributed by atoms with van der Waals surface area (Å²) in [4.78, 5) is 0. The van der Waals surface area contributed by atoms with Gasteiger partial charge in [-0.25, -0.2) is 8.78 Å². The van der Waals surface area contributed by atoms with E-state index in [-0.39, 0.29) is 6.04 Å². The quantitative estimate of drug-likeness (QED) is 0.769. The fourth-order valence-electron chi connectivity index (χ4n) is 2.27. The van der Waals surface area contributed by atoms with Gasteiger partial charge in [-0.15, -0.1) is 0 Å². The van der Waals surface area contributed by atoms with Gasteiger partial charge in [-0.2, -0.15) is 0 Å². The number of halogens is 3. The second-order valence-electron chi connectivity index (χ2n) is 4.98. The van der Waals surface area contributed by atoms with Crippen molar-refractivity contribution in [2.24, 2.45) is 0 Å². The largest absolute Gasteiger partial charge is 0.310 e. The lowest BCUT2D eigenvalue weighted by Crippen LogP contribution is -2.24. The maximum Gasteiger partial charge on any atom is 0.159 e. The summed E-state index contributed by atoms with van der Waals surface area (Å²) in [5, 5.41) is 3.46. The molecule has 112 valence electrons. The van der Waals surface area contributed by atoms with Crippen LogP contribution in [-0.4, -0.2) is 6.54 Å². The first-order valence-corrected chi connectivity index (χ1v) is 7.83. The van der Waals surface area contributed by atoms with Crippen molar-refractivity contribution in [1.82, 2.24) is 5.32 Å². The zero-order valence-electron chi connectivity index (χ0n) is 11.9. The predicted molar refractivity (Wildman–Crippen MR) is 85.2 cm³/mol. The Labute approximate surface area is 132 Å². The third-order valence-electron chi connectivity index (χ3n) is 3.35. The summed E-state index contributed by atoms with van der Waals surface area (Å²) >= 11 is 3.55. The van der Waals surface area contributed by atoms with E-state index in [2.05, 4.69) is 28.2 Å². The zero-order valence-corrected chi connectivity index (χ0v) is 13.5. The lowest BCUT2D eigenvalue weighted by atomic mass is 9.98. The van der Waals surface area contributed by atoms with Crippen molar-refractivity contribution in [2.45, 2.75) is 25.8 Å². The normalized spacial score (nSPS) is 12.4. The lowest BCUT2D eigenvalue weighted by Gasteiger charge is -2.20. The van der Waals surface area contributed by atoms with E-state index in [9.17, 15) is 8.78 Å². The van der Waals surface area contributed by atoms with E-state index in [1.807, 2.05) is 24.3 Å². The predicted octanol–water partition coefficient (Wildman–Crippen LogP) is 5.01. The first-order chi connectivity index (χ1) is 10.1. The highest BCUT2D eigenvalue weighted by atomic mass is 79.9. The molecule has 2 aromatic carbocycles. The Balaban J connectivity index is 2.24. The van der Waals surface area contributed by atoms with Crippen LogP contribution in [0, 0.1) is 11.6 Å². The van der Waals surface area contributed by atoms with E-state index < -0.39 is 11.6 Å². The molecule has 0 aliphatic heterocycles. The Hall–Kier alpha value is -1.26. The van der Waals surface area contributed by atoms with Gasteiger partial charge in [0.25, 0.3) is 0 Å². The summed E-state index contributed by atoms with van der Waals surface area (Å²) in [5.41, 5.74) is 1.90. The highest BCUT2D eigenvalue weighted by Crippen LogP contribution is 2.26. The van der Waals surface area contributed by atoms with Gasteiger partial charge in [0.15, 0.2) is 11.6 Å². The molecular weight excluding hydrogens is 336 g/mol. The minimum absolute atomic E-state index is 0.0605. The zero-order chi connectivity index (χ0) is 15.2. The molecule has 0 heterocycles. The first-order valence-electron chi connectivity index (χ1n) is 7.03. The van der Waals surface area contributed by atoms with E-state index in [0.29, 0.717) is 6.42 Å². The summed E-state index contributed by atoms with van der Waals surface area (Å²) in [5.74, 6) is -1.61. The number of hydrogen-bond donors (Lipinski definition) is 1. The minimum atomic E-state index is -0.808. The van der Waals surface area contributed by atoms with Gasteiger partial charge in [-0.3, -0.25) is 0 Å². The first kappa shape index (κ1) is 16.1. The van der Waals surface area contributed by atoms with Crippen LogP contribution < -0.4 is 5.32 Å². The molecule has 2 aromatic rings. The van der Waals surface area contributed by atoms with Gasteiger partial charge in [0.2, 0.25) is 0 Å². The fraction of sp³-hybridized carbons (Fsp3) is 0.294. The Morgan fingerprint density at radius 1 is 1.10 bits per heavy atom. The van der Waals surface area contributed by atoms with Crippen LogP contribution in [-0.2, 0) is 6.42 Å². The molecular formula is C17H18BrF2N. The second-order valence-corrected chi connectivity index (χ2v) is 5.84. The molecule has 21 heavy (non-hydrogen) atoms. The Kier molecular flexibility index (Phi) is 5.88. The molecule has 1 nitrogen and oxygen atoms in total. The summed E-state index contributed by atoms with van der Waals surface area (Å²) in [6.07, 6.45) is 1.62. The molecule has 0 fully saturated rings. The number of nitrogens with one attached hydrogen (secondary N) is 1. The van der Waals surface area contributed by atoms with E-state index in [0.717, 1.165) is 28.6 Å². The summed E-state index contributed by atoms with van der Waals surface area (Å²) in [6, 6.07) is 12.1. The van der Waals surface area contributed by atoms with Crippen LogP contribution in [0.25, 0.3) is 0 Å². The molecule has 0 aliphatic rings. The van der Waals surface area contributed by atoms with E-state index >= 15 is 0 Å². The van der Waals surface area contributed by atoms with Gasteiger partial charge >= 0.3 is 0 Å². The molecule has 1 unspecified atom stereocenters. The van der Waals surface area contributed by atoms with Crippen LogP contribution in [0.3, 0.4) is 0 Å². The van der Waals surface area contributed by atoms with Crippen molar-refractivity contribution in [3.05, 3.63) is 69.7 Å². The topological polar surface area (TPSA) is 12.0 Å². The molecule has 0 bridgehead atoms. The molecule has 1 atom stereocenters. The van der Waals surface area contributed by atoms with Crippen LogP contribution in [0.15, 0.2) is 46.9 Å². The Morgan fingerprint density at radius 2 is 1.86 bits per heavy atom. The second kappa shape index (κ2) is 7.66. The maximum atomic E-state index is 13.4. The third-order valence-corrected chi connectivity index (χ3v) is 4.07. The Morgan fingerprint density at radius 3 is 2.52 bits per heavy atom. The molecule has 0 aliphatic carbocycles. The highest BCUT2D eigenvalue weighted by molar-refractivity contribution is 9.10. The molecule has 4 heteroatoms. The Bertz CT molecular complexity index is 601. The average molecular weight is 354 g/mol. The standard InChI is InChI=1S/C17H18BrF2N/c1-2-9-21-17(13-5-3-4-6-14(13)18)11-12-7-8-15(19)16(20)10-12/h3-8,10,17,21H,2,9,11H2,1H3. The monoisotopic (exact) mass is 353 g/mol. The van der Waals surface area contributed by atoms with Crippen LogP contribution in [0.2, 0.25) is 0 Å². The summed E-state index contributed by atoms with van der Waals surface area (Å²) in [6.45, 7) is 2.97. The highest BCUT2D eigenvalue weighted by Gasteiger charge is 2.15. The minimum Gasteiger partial charge on any atom is -0.310 e. The SMILES string of the molecule is CCCNC(Cc1ccc(F)c(F)c1)c1ccccc1Br. The molecule has 1 N–H and O–H groups in total. The van der Waals surface area contributed by atoms with Gasteiger partial charge in [-0.05, 0) is 48.7 Å². The molecule has 0 amide bonds. The fourth-order valence-corrected chi connectivity index (χ4v) is 2.83. The van der Waals surface area contributed by atoms with Crippen LogP contribution >= 0.6 is 15.9 Å². The molecule has 2 rings (SSSR count). The molecule has 0 aromatic heterocycles. The van der Waals surface area contributed by atoms with Crippen LogP contribution in [0.4, 0.5) is 8.78 Å². The molecule has 0 radical (unpaired) electrons. The van der Waals surface area contributed by atoms with Crippen molar-refractivity contribution in [3.63, 3.8) is 0 Å². The van der Waals surface area contributed by atoms with Gasteiger partial charge in [-0.1, -0.05) is 47.1 Å². The third kappa shape index (κ3) is 4.35. The van der Waals surface area contributed by atoms with E-state index in [1.54, 1.807) is 6.07 Å². The van der Waals surface area contributed by atoms with Crippen molar-refractivity contribution in [2.75, 3.05) is 6.54 Å². The van der Waals surface area contributed by atoms with Crippen LogP contribution in [0.1, 0.15) is 30.5 Å². The van der Waals surface area contributed by atoms with Gasteiger partial charge in [0.05, 0.1) is 0 Å².